The molecule has 0 aromatic carbocycles. The Morgan fingerprint density at radius 2 is 1.76 bits per heavy atom. The molecule has 3 saturated heterocycles. The van der Waals surface area contributed by atoms with Crippen molar-refractivity contribution in [2.45, 2.75) is 51.2 Å². The summed E-state index contributed by atoms with van der Waals surface area (Å²) in [6.45, 7) is 11.9. The largest absolute Gasteiger partial charge is 0.375 e. The van der Waals surface area contributed by atoms with Gasteiger partial charge >= 0.3 is 0 Å². The molecule has 0 bridgehead atoms. The molecule has 25 heavy (non-hydrogen) atoms. The van der Waals surface area contributed by atoms with Crippen LogP contribution in [0.4, 0.5) is 5.69 Å². The highest BCUT2D eigenvalue weighted by atomic mass is 16.5. The molecule has 5 heteroatoms. The van der Waals surface area contributed by atoms with E-state index >= 15 is 0 Å². The van der Waals surface area contributed by atoms with Gasteiger partial charge in [-0.2, -0.15) is 0 Å². The predicted molar refractivity (Wildman–Crippen MR) is 101 cm³/mol. The molecule has 5 nitrogen and oxygen atoms in total. The molecule has 1 N–H and O–H groups in total. The van der Waals surface area contributed by atoms with Crippen molar-refractivity contribution in [1.29, 1.82) is 0 Å². The Balaban J connectivity index is 1.36. The van der Waals surface area contributed by atoms with E-state index in [1.54, 1.807) is 0 Å². The monoisotopic (exact) mass is 344 g/mol. The molecular formula is C20H32N4O. The van der Waals surface area contributed by atoms with Gasteiger partial charge < -0.3 is 15.0 Å². The fourth-order valence-corrected chi connectivity index (χ4v) is 4.88. The van der Waals surface area contributed by atoms with Gasteiger partial charge in [-0.25, -0.2) is 0 Å². The minimum absolute atomic E-state index is 0.157. The fourth-order valence-electron chi connectivity index (χ4n) is 4.88. The minimum atomic E-state index is 0.157. The molecule has 138 valence electrons. The second-order valence-electron chi connectivity index (χ2n) is 8.06. The number of piperidine rings is 1. The lowest BCUT2D eigenvalue weighted by atomic mass is 9.82. The van der Waals surface area contributed by atoms with Crippen LogP contribution in [-0.4, -0.2) is 67.4 Å². The van der Waals surface area contributed by atoms with Gasteiger partial charge in [0.2, 0.25) is 0 Å². The predicted octanol–water partition coefficient (Wildman–Crippen LogP) is 2.12. The smallest absolute Gasteiger partial charge is 0.0721 e. The minimum Gasteiger partial charge on any atom is -0.375 e. The highest BCUT2D eigenvalue weighted by Crippen LogP contribution is 2.35. The topological polar surface area (TPSA) is 40.6 Å². The molecule has 1 atom stereocenters. The molecular weight excluding hydrogens is 312 g/mol. The number of nitrogens with one attached hydrogen (secondary N) is 1. The third-order valence-corrected chi connectivity index (χ3v) is 6.24. The van der Waals surface area contributed by atoms with E-state index in [-0.39, 0.29) is 5.60 Å². The van der Waals surface area contributed by atoms with Crippen LogP contribution in [0.25, 0.3) is 0 Å². The summed E-state index contributed by atoms with van der Waals surface area (Å²) < 4.78 is 6.26. The Labute approximate surface area is 151 Å². The Bertz CT molecular complexity index is 566. The van der Waals surface area contributed by atoms with Gasteiger partial charge in [0.15, 0.2) is 0 Å². The molecule has 1 aromatic heterocycles. The molecule has 4 heterocycles. The highest BCUT2D eigenvalue weighted by Gasteiger charge is 2.40. The second kappa shape index (κ2) is 7.22. The van der Waals surface area contributed by atoms with Crippen LogP contribution in [0.15, 0.2) is 12.1 Å². The zero-order valence-corrected chi connectivity index (χ0v) is 15.8. The van der Waals surface area contributed by atoms with Gasteiger partial charge in [0.25, 0.3) is 0 Å². The number of aryl methyl sites for hydroxylation is 2. The normalized spacial score (nSPS) is 27.6. The first kappa shape index (κ1) is 17.3. The molecule has 1 spiro atoms. The summed E-state index contributed by atoms with van der Waals surface area (Å²) in [5.74, 6) is 0. The summed E-state index contributed by atoms with van der Waals surface area (Å²) in [6.07, 6.45) is 4.78. The van der Waals surface area contributed by atoms with Crippen molar-refractivity contribution < 1.29 is 4.74 Å². The second-order valence-corrected chi connectivity index (χ2v) is 8.06. The van der Waals surface area contributed by atoms with Crippen molar-refractivity contribution in [3.05, 3.63) is 23.5 Å². The summed E-state index contributed by atoms with van der Waals surface area (Å²) in [6, 6.07) is 5.15. The number of hydrogen-bond donors (Lipinski definition) is 1. The van der Waals surface area contributed by atoms with Crippen LogP contribution in [-0.2, 0) is 4.74 Å². The van der Waals surface area contributed by atoms with Crippen molar-refractivity contribution in [3.63, 3.8) is 0 Å². The van der Waals surface area contributed by atoms with Crippen LogP contribution in [0.1, 0.15) is 37.1 Å². The third-order valence-electron chi connectivity index (χ3n) is 6.24. The van der Waals surface area contributed by atoms with E-state index in [9.17, 15) is 0 Å². The standard InChI is InChI=1S/C20H32N4O/c1-16-13-19(14-17(2)22-16)24-10-8-23(9-11-24)18-3-12-25-20(15-18)4-6-21-7-5-20/h13-14,18,21H,3-12,15H2,1-2H3. The first-order valence-electron chi connectivity index (χ1n) is 9.93. The van der Waals surface area contributed by atoms with Gasteiger partial charge in [0.1, 0.15) is 0 Å². The third kappa shape index (κ3) is 3.83. The van der Waals surface area contributed by atoms with E-state index in [0.717, 1.165) is 44.2 Å². The molecule has 3 aliphatic rings. The number of nitrogens with zero attached hydrogens (tertiary/aromatic N) is 3. The quantitative estimate of drug-likeness (QED) is 0.890. The van der Waals surface area contributed by atoms with Gasteiger partial charge in [-0.1, -0.05) is 0 Å². The summed E-state index contributed by atoms with van der Waals surface area (Å²) in [7, 11) is 0. The van der Waals surface area contributed by atoms with E-state index in [1.807, 2.05) is 0 Å². The lowest BCUT2D eigenvalue weighted by Gasteiger charge is -2.48. The molecule has 0 saturated carbocycles. The number of piperazine rings is 1. The number of rotatable bonds is 2. The maximum atomic E-state index is 6.26. The Morgan fingerprint density at radius 3 is 2.44 bits per heavy atom. The van der Waals surface area contributed by atoms with E-state index in [2.05, 4.69) is 46.1 Å². The molecule has 1 unspecified atom stereocenters. The van der Waals surface area contributed by atoms with E-state index in [0.29, 0.717) is 6.04 Å². The number of ether oxygens (including phenoxy) is 1. The zero-order chi connectivity index (χ0) is 17.3. The van der Waals surface area contributed by atoms with Crippen molar-refractivity contribution in [1.82, 2.24) is 15.2 Å². The first-order valence-corrected chi connectivity index (χ1v) is 9.93. The molecule has 3 aliphatic heterocycles. The van der Waals surface area contributed by atoms with E-state index in [4.69, 9.17) is 4.74 Å². The van der Waals surface area contributed by atoms with E-state index < -0.39 is 0 Å². The van der Waals surface area contributed by atoms with Crippen LogP contribution < -0.4 is 10.2 Å². The van der Waals surface area contributed by atoms with Crippen molar-refractivity contribution in [3.8, 4) is 0 Å². The number of aromatic nitrogens is 1. The summed E-state index contributed by atoms with van der Waals surface area (Å²) in [4.78, 5) is 9.76. The molecule has 0 aliphatic carbocycles. The molecule has 0 amide bonds. The molecule has 1 aromatic rings. The summed E-state index contributed by atoms with van der Waals surface area (Å²) in [5.41, 5.74) is 3.74. The molecule has 4 rings (SSSR count). The number of pyridine rings is 1. The Kier molecular flexibility index (Phi) is 4.98. The van der Waals surface area contributed by atoms with Crippen molar-refractivity contribution >= 4 is 5.69 Å². The van der Waals surface area contributed by atoms with Crippen molar-refractivity contribution in [2.24, 2.45) is 0 Å². The molecule has 0 radical (unpaired) electrons. The van der Waals surface area contributed by atoms with Crippen LogP contribution >= 0.6 is 0 Å². The van der Waals surface area contributed by atoms with Gasteiger partial charge in [-0.15, -0.1) is 0 Å². The Morgan fingerprint density at radius 1 is 1.08 bits per heavy atom. The van der Waals surface area contributed by atoms with Crippen LogP contribution in [0.2, 0.25) is 0 Å². The lowest BCUT2D eigenvalue weighted by molar-refractivity contribution is -0.121. The number of anilines is 1. The maximum absolute atomic E-state index is 6.26. The van der Waals surface area contributed by atoms with E-state index in [1.165, 1.54) is 44.5 Å². The van der Waals surface area contributed by atoms with Crippen molar-refractivity contribution in [2.75, 3.05) is 50.8 Å². The van der Waals surface area contributed by atoms with Gasteiger partial charge in [0.05, 0.1) is 5.60 Å². The van der Waals surface area contributed by atoms with Crippen LogP contribution in [0, 0.1) is 13.8 Å². The van der Waals surface area contributed by atoms with Gasteiger partial charge in [-0.05, 0) is 64.8 Å². The average molecular weight is 345 g/mol. The van der Waals surface area contributed by atoms with Crippen LogP contribution in [0.5, 0.6) is 0 Å². The molecule has 3 fully saturated rings. The summed E-state index contributed by atoms with van der Waals surface area (Å²) in [5, 5.41) is 3.48. The summed E-state index contributed by atoms with van der Waals surface area (Å²) >= 11 is 0. The fraction of sp³-hybridized carbons (Fsp3) is 0.750. The maximum Gasteiger partial charge on any atom is 0.0721 e. The average Bonchev–Trinajstić information content (AvgIpc) is 2.62. The highest BCUT2D eigenvalue weighted by molar-refractivity contribution is 5.48. The zero-order valence-electron chi connectivity index (χ0n) is 15.8. The SMILES string of the molecule is Cc1cc(N2CCN(C3CCOC4(CCNCC4)C3)CC2)cc(C)n1. The van der Waals surface area contributed by atoms with Crippen LogP contribution in [0.3, 0.4) is 0 Å². The number of hydrogen-bond acceptors (Lipinski definition) is 5. The lowest BCUT2D eigenvalue weighted by Crippen LogP contribution is -2.56. The Hall–Kier alpha value is -1.17. The van der Waals surface area contributed by atoms with Gasteiger partial charge in [-0.3, -0.25) is 9.88 Å². The first-order chi connectivity index (χ1) is 12.1. The van der Waals surface area contributed by atoms with Gasteiger partial charge in [0, 0.05) is 55.9 Å².